The molecule has 0 aliphatic rings. The Hall–Kier alpha value is -1.83. The standard InChI is InChI=1S/C19H23N3O2S2/c1-4-21(5-2)11-12-22(18(23)14-8-7-13-24-14)19-20-17-15(25-3)9-6-10-16(17)26-19/h6-10,13H,4-5,11-12H2,1-3H3. The SMILES string of the molecule is CCN(CC)CCN(C(=O)c1ccco1)c1nc2c(SC)cccc2s1. The molecule has 26 heavy (non-hydrogen) atoms. The predicted molar refractivity (Wildman–Crippen MR) is 110 cm³/mol. The fraction of sp³-hybridized carbons (Fsp3) is 0.368. The third-order valence-electron chi connectivity index (χ3n) is 4.33. The Morgan fingerprint density at radius 3 is 2.65 bits per heavy atom. The average molecular weight is 390 g/mol. The fourth-order valence-corrected chi connectivity index (χ4v) is 4.44. The van der Waals surface area contributed by atoms with Crippen molar-refractivity contribution in [2.75, 3.05) is 37.3 Å². The largest absolute Gasteiger partial charge is 0.459 e. The van der Waals surface area contributed by atoms with Crippen LogP contribution in [0.25, 0.3) is 10.2 Å². The summed E-state index contributed by atoms with van der Waals surface area (Å²) in [6.07, 6.45) is 3.57. The van der Waals surface area contributed by atoms with Gasteiger partial charge in [-0.05, 0) is 43.6 Å². The summed E-state index contributed by atoms with van der Waals surface area (Å²) in [5, 5.41) is 0.718. The number of hydrogen-bond donors (Lipinski definition) is 0. The second-order valence-corrected chi connectivity index (χ2v) is 7.62. The molecule has 0 radical (unpaired) electrons. The van der Waals surface area contributed by atoms with E-state index in [1.54, 1.807) is 40.1 Å². The van der Waals surface area contributed by atoms with Crippen LogP contribution in [0.2, 0.25) is 0 Å². The summed E-state index contributed by atoms with van der Waals surface area (Å²) in [5.74, 6) is 0.195. The van der Waals surface area contributed by atoms with Gasteiger partial charge >= 0.3 is 0 Å². The van der Waals surface area contributed by atoms with Gasteiger partial charge in [0.15, 0.2) is 10.9 Å². The molecule has 0 saturated heterocycles. The van der Waals surface area contributed by atoms with Crippen molar-refractivity contribution in [3.05, 3.63) is 42.4 Å². The van der Waals surface area contributed by atoms with Gasteiger partial charge in [0.05, 0.1) is 16.5 Å². The van der Waals surface area contributed by atoms with Crippen LogP contribution in [0, 0.1) is 0 Å². The minimum Gasteiger partial charge on any atom is -0.459 e. The number of amides is 1. The number of carbonyl (C=O) groups is 1. The Bertz CT molecular complexity index is 857. The number of para-hydroxylation sites is 1. The number of furan rings is 1. The lowest BCUT2D eigenvalue weighted by Crippen LogP contribution is -2.38. The number of fused-ring (bicyclic) bond motifs is 1. The molecule has 0 spiro atoms. The quantitative estimate of drug-likeness (QED) is 0.527. The molecule has 2 heterocycles. The van der Waals surface area contributed by atoms with Gasteiger partial charge in [-0.3, -0.25) is 9.69 Å². The second-order valence-electron chi connectivity index (χ2n) is 5.76. The van der Waals surface area contributed by atoms with Gasteiger partial charge in [0.1, 0.15) is 0 Å². The first-order valence-electron chi connectivity index (χ1n) is 8.69. The van der Waals surface area contributed by atoms with Crippen LogP contribution in [0.5, 0.6) is 0 Å². The maximum absolute atomic E-state index is 13.0. The molecule has 7 heteroatoms. The summed E-state index contributed by atoms with van der Waals surface area (Å²) in [6, 6.07) is 9.58. The smallest absolute Gasteiger partial charge is 0.295 e. The summed E-state index contributed by atoms with van der Waals surface area (Å²) in [4.78, 5) is 22.9. The first-order chi connectivity index (χ1) is 12.7. The first kappa shape index (κ1) is 18.9. The Kier molecular flexibility index (Phi) is 6.34. The van der Waals surface area contributed by atoms with Crippen LogP contribution in [0.1, 0.15) is 24.4 Å². The van der Waals surface area contributed by atoms with Crippen LogP contribution in [0.3, 0.4) is 0 Å². The zero-order chi connectivity index (χ0) is 18.5. The molecular formula is C19H23N3O2S2. The molecule has 0 atom stereocenters. The normalized spacial score (nSPS) is 11.4. The topological polar surface area (TPSA) is 49.6 Å². The molecule has 5 nitrogen and oxygen atoms in total. The van der Waals surface area contributed by atoms with Gasteiger partial charge in [-0.25, -0.2) is 4.98 Å². The lowest BCUT2D eigenvalue weighted by Gasteiger charge is -2.24. The van der Waals surface area contributed by atoms with E-state index in [0.29, 0.717) is 12.3 Å². The fourth-order valence-electron chi connectivity index (χ4n) is 2.79. The minimum atomic E-state index is -0.146. The number of likely N-dealkylation sites (N-methyl/N-ethyl adjacent to an activating group) is 1. The monoisotopic (exact) mass is 389 g/mol. The number of carbonyl (C=O) groups excluding carboxylic acids is 1. The highest BCUT2D eigenvalue weighted by Gasteiger charge is 2.24. The number of rotatable bonds is 8. The summed E-state index contributed by atoms with van der Waals surface area (Å²) >= 11 is 3.22. The zero-order valence-electron chi connectivity index (χ0n) is 15.3. The molecule has 3 aromatic rings. The van der Waals surface area contributed by atoms with Crippen LogP contribution < -0.4 is 4.90 Å². The minimum absolute atomic E-state index is 0.146. The van der Waals surface area contributed by atoms with E-state index in [2.05, 4.69) is 30.9 Å². The number of thioether (sulfide) groups is 1. The summed E-state index contributed by atoms with van der Waals surface area (Å²) in [5.41, 5.74) is 0.958. The predicted octanol–water partition coefficient (Wildman–Crippen LogP) is 4.60. The second kappa shape index (κ2) is 8.70. The van der Waals surface area contributed by atoms with Crippen molar-refractivity contribution in [2.24, 2.45) is 0 Å². The molecule has 1 aromatic carbocycles. The zero-order valence-corrected chi connectivity index (χ0v) is 16.9. The van der Waals surface area contributed by atoms with Crippen molar-refractivity contribution < 1.29 is 9.21 Å². The molecule has 2 aromatic heterocycles. The van der Waals surface area contributed by atoms with Crippen LogP contribution in [-0.4, -0.2) is 48.2 Å². The number of aromatic nitrogens is 1. The highest BCUT2D eigenvalue weighted by molar-refractivity contribution is 7.98. The Morgan fingerprint density at radius 1 is 1.19 bits per heavy atom. The molecule has 1 amide bonds. The number of thiazole rings is 1. The van der Waals surface area contributed by atoms with Crippen LogP contribution >= 0.6 is 23.1 Å². The summed E-state index contributed by atoms with van der Waals surface area (Å²) in [6.45, 7) is 7.54. The third-order valence-corrected chi connectivity index (χ3v) is 6.15. The van der Waals surface area contributed by atoms with Gasteiger partial charge in [0.2, 0.25) is 0 Å². The highest BCUT2D eigenvalue weighted by Crippen LogP contribution is 2.34. The van der Waals surface area contributed by atoms with E-state index in [4.69, 9.17) is 9.40 Å². The van der Waals surface area contributed by atoms with Gasteiger partial charge in [0, 0.05) is 18.0 Å². The van der Waals surface area contributed by atoms with E-state index in [-0.39, 0.29) is 5.91 Å². The Balaban J connectivity index is 1.95. The van der Waals surface area contributed by atoms with E-state index in [1.165, 1.54) is 6.26 Å². The van der Waals surface area contributed by atoms with Crippen molar-refractivity contribution in [2.45, 2.75) is 18.7 Å². The molecule has 0 aliphatic heterocycles. The third kappa shape index (κ3) is 3.95. The van der Waals surface area contributed by atoms with Gasteiger partial charge < -0.3 is 9.32 Å². The van der Waals surface area contributed by atoms with Crippen molar-refractivity contribution in [1.29, 1.82) is 0 Å². The van der Waals surface area contributed by atoms with Gasteiger partial charge in [-0.2, -0.15) is 0 Å². The lowest BCUT2D eigenvalue weighted by molar-refractivity contribution is 0.0957. The maximum Gasteiger partial charge on any atom is 0.295 e. The summed E-state index contributed by atoms with van der Waals surface area (Å²) in [7, 11) is 0. The molecule has 0 unspecified atom stereocenters. The van der Waals surface area contributed by atoms with E-state index < -0.39 is 0 Å². The van der Waals surface area contributed by atoms with Crippen LogP contribution in [0.4, 0.5) is 5.13 Å². The van der Waals surface area contributed by atoms with E-state index >= 15 is 0 Å². The molecule has 0 fully saturated rings. The van der Waals surface area contributed by atoms with E-state index in [1.807, 2.05) is 12.3 Å². The Morgan fingerprint density at radius 2 is 2.00 bits per heavy atom. The summed E-state index contributed by atoms with van der Waals surface area (Å²) < 4.78 is 6.43. The lowest BCUT2D eigenvalue weighted by atomic mass is 10.3. The number of nitrogens with zero attached hydrogens (tertiary/aromatic N) is 3. The molecule has 0 saturated carbocycles. The number of anilines is 1. The molecular weight excluding hydrogens is 366 g/mol. The van der Waals surface area contributed by atoms with Gasteiger partial charge in [-0.1, -0.05) is 31.3 Å². The van der Waals surface area contributed by atoms with Crippen molar-refractivity contribution in [3.8, 4) is 0 Å². The van der Waals surface area contributed by atoms with E-state index in [0.717, 1.165) is 39.9 Å². The number of benzene rings is 1. The van der Waals surface area contributed by atoms with Crippen LogP contribution in [0.15, 0.2) is 45.9 Å². The van der Waals surface area contributed by atoms with Gasteiger partial charge in [0.25, 0.3) is 5.91 Å². The number of hydrogen-bond acceptors (Lipinski definition) is 6. The molecule has 0 N–H and O–H groups in total. The van der Waals surface area contributed by atoms with Crippen LogP contribution in [-0.2, 0) is 0 Å². The van der Waals surface area contributed by atoms with E-state index in [9.17, 15) is 4.79 Å². The average Bonchev–Trinajstić information content (AvgIpc) is 3.34. The van der Waals surface area contributed by atoms with Crippen molar-refractivity contribution >= 4 is 44.4 Å². The van der Waals surface area contributed by atoms with Crippen molar-refractivity contribution in [3.63, 3.8) is 0 Å². The molecule has 0 aliphatic carbocycles. The molecule has 3 rings (SSSR count). The Labute approximate surface area is 162 Å². The van der Waals surface area contributed by atoms with Crippen molar-refractivity contribution in [1.82, 2.24) is 9.88 Å². The molecule has 138 valence electrons. The van der Waals surface area contributed by atoms with Gasteiger partial charge in [-0.15, -0.1) is 11.8 Å². The highest BCUT2D eigenvalue weighted by atomic mass is 32.2. The first-order valence-corrected chi connectivity index (χ1v) is 10.7. The maximum atomic E-state index is 13.0. The molecule has 0 bridgehead atoms.